The molecule has 2 aromatic rings. The summed E-state index contributed by atoms with van der Waals surface area (Å²) in [6.07, 6.45) is 0.822. The van der Waals surface area contributed by atoms with Gasteiger partial charge < -0.3 is 18.9 Å². The van der Waals surface area contributed by atoms with Gasteiger partial charge in [0, 0.05) is 36.0 Å². The average Bonchev–Trinajstić information content (AvgIpc) is 2.78. The second kappa shape index (κ2) is 12.6. The molecular weight excluding hydrogens is 451 g/mol. The van der Waals surface area contributed by atoms with Gasteiger partial charge in [-0.25, -0.2) is 9.18 Å². The summed E-state index contributed by atoms with van der Waals surface area (Å²) in [5.74, 6) is -1.15. The molecule has 2 rings (SSSR count). The number of benzene rings is 2. The molecule has 190 valence electrons. The summed E-state index contributed by atoms with van der Waals surface area (Å²) < 4.78 is 37.6. The van der Waals surface area contributed by atoms with Gasteiger partial charge >= 0.3 is 11.9 Å². The third-order valence-electron chi connectivity index (χ3n) is 4.94. The summed E-state index contributed by atoms with van der Waals surface area (Å²) in [4.78, 5) is 24.4. The number of carbonyl (C=O) groups is 2. The van der Waals surface area contributed by atoms with Crippen LogP contribution in [0.5, 0.6) is 11.5 Å². The third-order valence-corrected chi connectivity index (χ3v) is 4.94. The first-order valence-corrected chi connectivity index (χ1v) is 11.7. The maximum absolute atomic E-state index is 15.5. The minimum atomic E-state index is -0.736. The Balaban J connectivity index is 2.54. The molecule has 0 aliphatic heterocycles. The lowest BCUT2D eigenvalue weighted by atomic mass is 9.96. The number of esters is 2. The number of hydrogen-bond acceptors (Lipinski definition) is 6. The normalized spacial score (nSPS) is 11.3. The molecule has 0 saturated carbocycles. The predicted molar refractivity (Wildman–Crippen MR) is 133 cm³/mol. The van der Waals surface area contributed by atoms with Crippen LogP contribution in [0.15, 0.2) is 42.5 Å². The van der Waals surface area contributed by atoms with Crippen LogP contribution in [0.2, 0.25) is 0 Å². The Morgan fingerprint density at radius 3 is 2.26 bits per heavy atom. The fourth-order valence-corrected chi connectivity index (χ4v) is 3.06. The topological polar surface area (TPSA) is 71.1 Å². The highest BCUT2D eigenvalue weighted by molar-refractivity contribution is 5.89. The molecule has 2 aromatic carbocycles. The lowest BCUT2D eigenvalue weighted by Gasteiger charge is -2.19. The van der Waals surface area contributed by atoms with Gasteiger partial charge in [-0.05, 0) is 70.4 Å². The number of hydrogen-bond donors (Lipinski definition) is 0. The van der Waals surface area contributed by atoms with E-state index in [9.17, 15) is 9.59 Å². The van der Waals surface area contributed by atoms with Crippen LogP contribution < -0.4 is 9.47 Å². The Bertz CT molecular complexity index is 1070. The minimum Gasteiger partial charge on any atom is -0.426 e. The van der Waals surface area contributed by atoms with Crippen LogP contribution in [0.25, 0.3) is 11.1 Å². The van der Waals surface area contributed by atoms with Crippen molar-refractivity contribution >= 4 is 11.9 Å². The molecule has 0 atom stereocenters. The van der Waals surface area contributed by atoms with Crippen molar-refractivity contribution in [2.45, 2.75) is 61.2 Å². The molecule has 0 aliphatic carbocycles. The highest BCUT2D eigenvalue weighted by Gasteiger charge is 2.25. The molecule has 0 bridgehead atoms. The van der Waals surface area contributed by atoms with Crippen molar-refractivity contribution in [3.8, 4) is 22.6 Å². The van der Waals surface area contributed by atoms with Crippen molar-refractivity contribution in [3.05, 3.63) is 59.4 Å². The van der Waals surface area contributed by atoms with E-state index in [0.29, 0.717) is 41.2 Å². The van der Waals surface area contributed by atoms with Crippen molar-refractivity contribution in [1.29, 1.82) is 0 Å². The summed E-state index contributed by atoms with van der Waals surface area (Å²) >= 11 is 0. The average molecular weight is 487 g/mol. The zero-order chi connectivity index (χ0) is 26.2. The Morgan fingerprint density at radius 2 is 1.66 bits per heavy atom. The molecule has 0 saturated heterocycles. The summed E-state index contributed by atoms with van der Waals surface area (Å²) in [7, 11) is 0. The summed E-state index contributed by atoms with van der Waals surface area (Å²) in [6, 6.07) is 7.80. The lowest BCUT2D eigenvalue weighted by Crippen LogP contribution is -2.25. The van der Waals surface area contributed by atoms with Crippen LogP contribution >= 0.6 is 0 Å². The molecule has 0 radical (unpaired) electrons. The van der Waals surface area contributed by atoms with Gasteiger partial charge in [0.15, 0.2) is 0 Å². The molecule has 0 fully saturated rings. The summed E-state index contributed by atoms with van der Waals surface area (Å²) in [6.45, 7) is 15.4. The molecule has 0 amide bonds. The third kappa shape index (κ3) is 8.01. The van der Waals surface area contributed by atoms with Crippen LogP contribution in [0.1, 0.15) is 59.1 Å². The van der Waals surface area contributed by atoms with E-state index < -0.39 is 23.2 Å². The van der Waals surface area contributed by atoms with Crippen molar-refractivity contribution in [1.82, 2.24) is 0 Å². The van der Waals surface area contributed by atoms with E-state index in [1.165, 1.54) is 6.07 Å². The van der Waals surface area contributed by atoms with E-state index in [1.807, 2.05) is 13.8 Å². The molecule has 0 unspecified atom stereocenters. The van der Waals surface area contributed by atoms with Crippen LogP contribution in [-0.4, -0.2) is 25.2 Å². The standard InChI is InChI=1S/C28H35FO6/c1-8-12-33-16-20-13-19(10-11-24(20)35-26(30)18(3)4)25-21(17-32-9-2)14-22(15-23(25)29)34-27(31)28(5,6)7/h10-11,13-15H,3,8-9,12,16-17H2,1-2,4-7H3. The number of ether oxygens (including phenoxy) is 4. The summed E-state index contributed by atoms with van der Waals surface area (Å²) in [5.41, 5.74) is 1.51. The van der Waals surface area contributed by atoms with Gasteiger partial charge in [0.05, 0.1) is 18.6 Å². The zero-order valence-corrected chi connectivity index (χ0v) is 21.5. The van der Waals surface area contributed by atoms with Crippen molar-refractivity contribution in [2.75, 3.05) is 13.2 Å². The lowest BCUT2D eigenvalue weighted by molar-refractivity contribution is -0.143. The molecule has 6 nitrogen and oxygen atoms in total. The van der Waals surface area contributed by atoms with Crippen molar-refractivity contribution in [2.24, 2.45) is 5.41 Å². The number of rotatable bonds is 11. The van der Waals surface area contributed by atoms with Crippen LogP contribution in [-0.2, 0) is 32.3 Å². The fourth-order valence-electron chi connectivity index (χ4n) is 3.06. The molecule has 35 heavy (non-hydrogen) atoms. The van der Waals surface area contributed by atoms with Gasteiger partial charge in [0.2, 0.25) is 0 Å². The molecule has 7 heteroatoms. The Labute approximate surface area is 207 Å². The Hall–Kier alpha value is -3.03. The largest absolute Gasteiger partial charge is 0.426 e. The predicted octanol–water partition coefficient (Wildman–Crippen LogP) is 6.39. The van der Waals surface area contributed by atoms with E-state index in [2.05, 4.69) is 6.58 Å². The monoisotopic (exact) mass is 486 g/mol. The van der Waals surface area contributed by atoms with E-state index in [4.69, 9.17) is 18.9 Å². The maximum Gasteiger partial charge on any atom is 0.338 e. The first-order chi connectivity index (χ1) is 16.5. The molecular formula is C28H35FO6. The highest BCUT2D eigenvalue weighted by atomic mass is 19.1. The van der Waals surface area contributed by atoms with Gasteiger partial charge in [0.1, 0.15) is 17.3 Å². The van der Waals surface area contributed by atoms with E-state index >= 15 is 4.39 Å². The van der Waals surface area contributed by atoms with Crippen molar-refractivity contribution < 1.29 is 32.9 Å². The number of halogens is 1. The van der Waals surface area contributed by atoms with E-state index in [1.54, 1.807) is 52.0 Å². The second-order valence-corrected chi connectivity index (χ2v) is 9.26. The molecule has 0 N–H and O–H groups in total. The minimum absolute atomic E-state index is 0.111. The molecule has 0 heterocycles. The van der Waals surface area contributed by atoms with Crippen LogP contribution in [0.3, 0.4) is 0 Å². The molecule has 0 aromatic heterocycles. The molecule has 0 spiro atoms. The fraction of sp³-hybridized carbons (Fsp3) is 0.429. The maximum atomic E-state index is 15.5. The van der Waals surface area contributed by atoms with E-state index in [0.717, 1.165) is 6.42 Å². The Kier molecular flexibility index (Phi) is 10.2. The van der Waals surface area contributed by atoms with Gasteiger partial charge in [-0.15, -0.1) is 0 Å². The van der Waals surface area contributed by atoms with Gasteiger partial charge in [0.25, 0.3) is 0 Å². The number of carbonyl (C=O) groups excluding carboxylic acids is 2. The first-order valence-electron chi connectivity index (χ1n) is 11.7. The first kappa shape index (κ1) is 28.2. The smallest absolute Gasteiger partial charge is 0.338 e. The van der Waals surface area contributed by atoms with Gasteiger partial charge in [-0.2, -0.15) is 0 Å². The quantitative estimate of drug-likeness (QED) is 0.159. The van der Waals surface area contributed by atoms with Crippen molar-refractivity contribution in [3.63, 3.8) is 0 Å². The SMILES string of the molecule is C=C(C)C(=O)Oc1ccc(-c2c(F)cc(OC(=O)C(C)(C)C)cc2COCC)cc1COCCC. The van der Waals surface area contributed by atoms with Crippen LogP contribution in [0, 0.1) is 11.2 Å². The van der Waals surface area contributed by atoms with Gasteiger partial charge in [-0.3, -0.25) is 4.79 Å². The van der Waals surface area contributed by atoms with Crippen LogP contribution in [0.4, 0.5) is 4.39 Å². The Morgan fingerprint density at radius 1 is 0.971 bits per heavy atom. The highest BCUT2D eigenvalue weighted by Crippen LogP contribution is 2.35. The summed E-state index contributed by atoms with van der Waals surface area (Å²) in [5, 5.41) is 0. The van der Waals surface area contributed by atoms with Gasteiger partial charge in [-0.1, -0.05) is 19.6 Å². The second-order valence-electron chi connectivity index (χ2n) is 9.26. The van der Waals surface area contributed by atoms with E-state index in [-0.39, 0.29) is 24.5 Å². The molecule has 0 aliphatic rings. The zero-order valence-electron chi connectivity index (χ0n) is 21.5.